The van der Waals surface area contributed by atoms with Gasteiger partial charge in [-0.25, -0.2) is 4.79 Å². The van der Waals surface area contributed by atoms with Gasteiger partial charge in [-0.1, -0.05) is 30.3 Å². The van der Waals surface area contributed by atoms with E-state index >= 15 is 0 Å². The molecule has 0 atom stereocenters. The first-order valence-electron chi connectivity index (χ1n) is 9.55. The normalized spacial score (nSPS) is 19.1. The number of carbonyl (C=O) groups excluding carboxylic acids is 2. The fourth-order valence-corrected chi connectivity index (χ4v) is 3.25. The molecule has 0 radical (unpaired) electrons. The summed E-state index contributed by atoms with van der Waals surface area (Å²) >= 11 is 0. The number of carbonyl (C=O) groups is 3. The van der Waals surface area contributed by atoms with E-state index in [4.69, 9.17) is 15.6 Å². The van der Waals surface area contributed by atoms with Crippen LogP contribution < -0.4 is 10.5 Å². The van der Waals surface area contributed by atoms with Gasteiger partial charge in [0.1, 0.15) is 5.75 Å². The van der Waals surface area contributed by atoms with Crippen molar-refractivity contribution in [2.75, 3.05) is 0 Å². The molecule has 6 nitrogen and oxygen atoms in total. The number of rotatable bonds is 6. The Hall–Kier alpha value is -3.25. The van der Waals surface area contributed by atoms with Crippen LogP contribution in [0.15, 0.2) is 54.6 Å². The average Bonchev–Trinajstić information content (AvgIpc) is 2.73. The second-order valence-corrected chi connectivity index (χ2v) is 7.18. The van der Waals surface area contributed by atoms with E-state index in [0.29, 0.717) is 11.3 Å². The van der Waals surface area contributed by atoms with E-state index in [1.165, 1.54) is 30.3 Å². The van der Waals surface area contributed by atoms with Gasteiger partial charge in [0.25, 0.3) is 0 Å². The highest BCUT2D eigenvalue weighted by molar-refractivity contribution is 6.07. The van der Waals surface area contributed by atoms with Gasteiger partial charge in [-0.05, 0) is 61.6 Å². The number of hydrogen-bond donors (Lipinski definition) is 2. The van der Waals surface area contributed by atoms with E-state index in [1.54, 1.807) is 30.3 Å². The quantitative estimate of drug-likeness (QED) is 0.335. The SMILES string of the molecule is NC1CCC(C(=O)Oc2ccc(C=CC(=O)c3ccc(C(=O)O)cc3)cc2)CC1. The zero-order valence-corrected chi connectivity index (χ0v) is 15.9. The molecular weight excluding hydrogens is 370 g/mol. The van der Waals surface area contributed by atoms with E-state index in [0.717, 1.165) is 31.2 Å². The lowest BCUT2D eigenvalue weighted by atomic mass is 9.86. The molecule has 29 heavy (non-hydrogen) atoms. The highest BCUT2D eigenvalue weighted by Crippen LogP contribution is 2.25. The Balaban J connectivity index is 1.56. The van der Waals surface area contributed by atoms with Crippen molar-refractivity contribution in [3.8, 4) is 5.75 Å². The molecule has 0 unspecified atom stereocenters. The fourth-order valence-electron chi connectivity index (χ4n) is 3.25. The van der Waals surface area contributed by atoms with Crippen LogP contribution in [-0.2, 0) is 4.79 Å². The van der Waals surface area contributed by atoms with Gasteiger partial charge in [-0.3, -0.25) is 9.59 Å². The minimum Gasteiger partial charge on any atom is -0.478 e. The van der Waals surface area contributed by atoms with Gasteiger partial charge in [0.05, 0.1) is 11.5 Å². The van der Waals surface area contributed by atoms with Crippen molar-refractivity contribution < 1.29 is 24.2 Å². The predicted molar refractivity (Wildman–Crippen MR) is 109 cm³/mol. The number of ketones is 1. The van der Waals surface area contributed by atoms with Crippen LogP contribution in [0.25, 0.3) is 6.08 Å². The van der Waals surface area contributed by atoms with Crippen molar-refractivity contribution in [2.24, 2.45) is 11.7 Å². The Morgan fingerprint density at radius 1 is 0.897 bits per heavy atom. The molecule has 0 bridgehead atoms. The molecule has 0 aromatic heterocycles. The van der Waals surface area contributed by atoms with Crippen LogP contribution in [0.5, 0.6) is 5.75 Å². The van der Waals surface area contributed by atoms with Crippen LogP contribution in [0.2, 0.25) is 0 Å². The molecular formula is C23H23NO5. The van der Waals surface area contributed by atoms with Crippen molar-refractivity contribution in [1.82, 2.24) is 0 Å². The summed E-state index contributed by atoms with van der Waals surface area (Å²) in [7, 11) is 0. The molecule has 0 heterocycles. The second kappa shape index (κ2) is 9.30. The van der Waals surface area contributed by atoms with Crippen molar-refractivity contribution in [1.29, 1.82) is 0 Å². The van der Waals surface area contributed by atoms with E-state index in [-0.39, 0.29) is 29.3 Å². The summed E-state index contributed by atoms with van der Waals surface area (Å²) in [5.74, 6) is -1.11. The minimum absolute atomic E-state index is 0.0977. The Labute approximate surface area is 169 Å². The largest absolute Gasteiger partial charge is 0.478 e. The highest BCUT2D eigenvalue weighted by atomic mass is 16.5. The van der Waals surface area contributed by atoms with Crippen LogP contribution in [0.1, 0.15) is 52.0 Å². The summed E-state index contributed by atoms with van der Waals surface area (Å²) < 4.78 is 5.45. The summed E-state index contributed by atoms with van der Waals surface area (Å²) in [6.45, 7) is 0. The number of carboxylic acid groups (broad SMARTS) is 1. The van der Waals surface area contributed by atoms with Gasteiger partial charge in [0, 0.05) is 11.6 Å². The first-order valence-corrected chi connectivity index (χ1v) is 9.55. The zero-order valence-electron chi connectivity index (χ0n) is 15.9. The number of carboxylic acids is 1. The molecule has 0 aliphatic heterocycles. The van der Waals surface area contributed by atoms with Crippen LogP contribution in [0.3, 0.4) is 0 Å². The summed E-state index contributed by atoms with van der Waals surface area (Å²) in [6.07, 6.45) is 6.28. The van der Waals surface area contributed by atoms with Gasteiger partial charge in [0.15, 0.2) is 5.78 Å². The number of allylic oxidation sites excluding steroid dienone is 1. The third-order valence-corrected chi connectivity index (χ3v) is 5.05. The molecule has 3 rings (SSSR count). The number of nitrogens with two attached hydrogens (primary N) is 1. The highest BCUT2D eigenvalue weighted by Gasteiger charge is 2.26. The van der Waals surface area contributed by atoms with E-state index in [1.807, 2.05) is 0 Å². The zero-order chi connectivity index (χ0) is 20.8. The number of hydrogen-bond acceptors (Lipinski definition) is 5. The van der Waals surface area contributed by atoms with E-state index in [9.17, 15) is 14.4 Å². The molecule has 1 saturated carbocycles. The van der Waals surface area contributed by atoms with Crippen molar-refractivity contribution in [3.05, 3.63) is 71.3 Å². The second-order valence-electron chi connectivity index (χ2n) is 7.18. The molecule has 2 aromatic carbocycles. The summed E-state index contributed by atoms with van der Waals surface area (Å²) in [5, 5.41) is 8.89. The topological polar surface area (TPSA) is 107 Å². The lowest BCUT2D eigenvalue weighted by Crippen LogP contribution is -2.31. The van der Waals surface area contributed by atoms with Gasteiger partial charge in [-0.15, -0.1) is 0 Å². The standard InChI is InChI=1S/C23H23NO5/c24-19-10-8-18(9-11-19)23(28)29-20-12-1-15(2-13-20)3-14-21(25)16-4-6-17(7-5-16)22(26)27/h1-7,12-14,18-19H,8-11,24H2,(H,26,27). The van der Waals surface area contributed by atoms with Crippen LogP contribution in [0, 0.1) is 5.92 Å². The van der Waals surface area contributed by atoms with Gasteiger partial charge < -0.3 is 15.6 Å². The molecule has 0 saturated heterocycles. The molecule has 1 fully saturated rings. The first kappa shape index (κ1) is 20.5. The maximum atomic E-state index is 12.2. The van der Waals surface area contributed by atoms with Gasteiger partial charge in [-0.2, -0.15) is 0 Å². The van der Waals surface area contributed by atoms with Crippen LogP contribution >= 0.6 is 0 Å². The van der Waals surface area contributed by atoms with Crippen LogP contribution in [-0.4, -0.2) is 28.9 Å². The lowest BCUT2D eigenvalue weighted by Gasteiger charge is -2.24. The molecule has 0 amide bonds. The number of ether oxygens (including phenoxy) is 1. The number of esters is 1. The first-order chi connectivity index (χ1) is 13.9. The molecule has 0 spiro atoms. The molecule has 2 aromatic rings. The third kappa shape index (κ3) is 5.62. The Morgan fingerprint density at radius 2 is 1.48 bits per heavy atom. The Kier molecular flexibility index (Phi) is 6.57. The molecule has 150 valence electrons. The molecule has 3 N–H and O–H groups in total. The van der Waals surface area contributed by atoms with E-state index < -0.39 is 5.97 Å². The summed E-state index contributed by atoms with van der Waals surface area (Å²) in [6, 6.07) is 12.8. The smallest absolute Gasteiger partial charge is 0.335 e. The lowest BCUT2D eigenvalue weighted by molar-refractivity contribution is -0.140. The average molecular weight is 393 g/mol. The fraction of sp³-hybridized carbons (Fsp3) is 0.261. The van der Waals surface area contributed by atoms with Gasteiger partial charge in [0.2, 0.25) is 0 Å². The Morgan fingerprint density at radius 3 is 2.07 bits per heavy atom. The monoisotopic (exact) mass is 393 g/mol. The molecule has 1 aliphatic rings. The van der Waals surface area contributed by atoms with Crippen molar-refractivity contribution in [3.63, 3.8) is 0 Å². The number of benzene rings is 2. The predicted octanol–water partition coefficient (Wildman–Crippen LogP) is 3.70. The third-order valence-electron chi connectivity index (χ3n) is 5.05. The number of aromatic carboxylic acids is 1. The van der Waals surface area contributed by atoms with Crippen molar-refractivity contribution in [2.45, 2.75) is 31.7 Å². The maximum Gasteiger partial charge on any atom is 0.335 e. The van der Waals surface area contributed by atoms with Gasteiger partial charge >= 0.3 is 11.9 Å². The summed E-state index contributed by atoms with van der Waals surface area (Å²) in [5.41, 5.74) is 7.18. The molecule has 1 aliphatic carbocycles. The maximum absolute atomic E-state index is 12.2. The van der Waals surface area contributed by atoms with Crippen LogP contribution in [0.4, 0.5) is 0 Å². The van der Waals surface area contributed by atoms with E-state index in [2.05, 4.69) is 0 Å². The summed E-state index contributed by atoms with van der Waals surface area (Å²) in [4.78, 5) is 35.3. The minimum atomic E-state index is -1.03. The van der Waals surface area contributed by atoms with Crippen molar-refractivity contribution >= 4 is 23.8 Å². The molecule has 6 heteroatoms. The Bertz CT molecular complexity index is 907.